The number of hydrogen-bond acceptors (Lipinski definition) is 5. The largest absolute Gasteiger partial charge is 0.341 e. The van der Waals surface area contributed by atoms with Crippen LogP contribution in [0.2, 0.25) is 0 Å². The molecule has 132 valence electrons. The maximum atomic E-state index is 12.4. The van der Waals surface area contributed by atoms with Crippen LogP contribution in [0, 0.1) is 0 Å². The van der Waals surface area contributed by atoms with E-state index >= 15 is 0 Å². The van der Waals surface area contributed by atoms with E-state index in [2.05, 4.69) is 47.6 Å². The zero-order valence-corrected chi connectivity index (χ0v) is 15.2. The predicted octanol–water partition coefficient (Wildman–Crippen LogP) is 1.80. The Kier molecular flexibility index (Phi) is 4.62. The summed E-state index contributed by atoms with van der Waals surface area (Å²) in [7, 11) is 0. The van der Waals surface area contributed by atoms with E-state index < -0.39 is 0 Å². The van der Waals surface area contributed by atoms with Gasteiger partial charge >= 0.3 is 0 Å². The fourth-order valence-electron chi connectivity index (χ4n) is 3.27. The molecule has 0 aliphatic carbocycles. The summed E-state index contributed by atoms with van der Waals surface area (Å²) < 4.78 is 1.84. The van der Waals surface area contributed by atoms with Crippen molar-refractivity contribution in [2.45, 2.75) is 46.1 Å². The normalized spacial score (nSPS) is 17.4. The molecular weight excluding hydrogens is 304 g/mol. The second-order valence-corrected chi connectivity index (χ2v) is 7.54. The molecule has 0 bridgehead atoms. The highest BCUT2D eigenvalue weighted by Crippen LogP contribution is 2.20. The number of aromatic nitrogens is 4. The third-order valence-corrected chi connectivity index (χ3v) is 4.49. The molecule has 3 heterocycles. The molecule has 0 radical (unpaired) electrons. The van der Waals surface area contributed by atoms with Gasteiger partial charge in [0.15, 0.2) is 5.65 Å². The molecule has 2 aromatic rings. The molecule has 1 N–H and O–H groups in total. The van der Waals surface area contributed by atoms with Crippen LogP contribution in [0.4, 0.5) is 5.95 Å². The maximum Gasteiger partial charge on any atom is 0.263 e. The second-order valence-electron chi connectivity index (χ2n) is 7.54. The third kappa shape index (κ3) is 3.31. The minimum atomic E-state index is -0.212. The fraction of sp³-hybridized carbons (Fsp3) is 0.706. The number of rotatable bonds is 3. The summed E-state index contributed by atoms with van der Waals surface area (Å²) in [6.07, 6.45) is 3.87. The summed E-state index contributed by atoms with van der Waals surface area (Å²) >= 11 is 0. The van der Waals surface area contributed by atoms with Gasteiger partial charge in [-0.3, -0.25) is 9.78 Å². The minimum absolute atomic E-state index is 0.111. The summed E-state index contributed by atoms with van der Waals surface area (Å²) in [5.41, 5.74) is 0.340. The van der Waals surface area contributed by atoms with Gasteiger partial charge in [0.1, 0.15) is 5.39 Å². The Morgan fingerprint density at radius 1 is 1.21 bits per heavy atom. The van der Waals surface area contributed by atoms with E-state index in [1.165, 1.54) is 6.42 Å². The molecule has 0 spiro atoms. The van der Waals surface area contributed by atoms with E-state index in [0.717, 1.165) is 39.1 Å². The molecule has 3 rings (SSSR count). The Hall–Kier alpha value is -1.89. The highest BCUT2D eigenvalue weighted by molar-refractivity contribution is 5.74. The zero-order valence-electron chi connectivity index (χ0n) is 15.2. The van der Waals surface area contributed by atoms with Crippen molar-refractivity contribution in [1.29, 1.82) is 0 Å². The highest BCUT2D eigenvalue weighted by atomic mass is 16.1. The predicted molar refractivity (Wildman–Crippen MR) is 96.7 cm³/mol. The SMILES string of the molecule is CCCN1CCCN(c2nc3c(cnn3C(C)(C)C)c(=O)[nH]2)CC1. The lowest BCUT2D eigenvalue weighted by molar-refractivity contribution is 0.294. The summed E-state index contributed by atoms with van der Waals surface area (Å²) in [6, 6.07) is 0. The quantitative estimate of drug-likeness (QED) is 0.928. The van der Waals surface area contributed by atoms with Crippen LogP contribution < -0.4 is 10.5 Å². The number of fused-ring (bicyclic) bond motifs is 1. The van der Waals surface area contributed by atoms with Gasteiger partial charge in [0.05, 0.1) is 11.7 Å². The molecule has 0 saturated carbocycles. The first-order valence-corrected chi connectivity index (χ1v) is 8.86. The van der Waals surface area contributed by atoms with Crippen molar-refractivity contribution in [1.82, 2.24) is 24.6 Å². The third-order valence-electron chi connectivity index (χ3n) is 4.49. The summed E-state index contributed by atoms with van der Waals surface area (Å²) in [5, 5.41) is 4.93. The minimum Gasteiger partial charge on any atom is -0.341 e. The van der Waals surface area contributed by atoms with Crippen molar-refractivity contribution in [3.05, 3.63) is 16.6 Å². The Labute approximate surface area is 142 Å². The van der Waals surface area contributed by atoms with Crippen LogP contribution >= 0.6 is 0 Å². The van der Waals surface area contributed by atoms with Gasteiger partial charge in [-0.2, -0.15) is 10.1 Å². The average molecular weight is 332 g/mol. The van der Waals surface area contributed by atoms with Crippen molar-refractivity contribution in [2.75, 3.05) is 37.6 Å². The number of nitrogens with one attached hydrogen (secondary N) is 1. The van der Waals surface area contributed by atoms with E-state index in [-0.39, 0.29) is 11.1 Å². The Morgan fingerprint density at radius 3 is 2.71 bits per heavy atom. The van der Waals surface area contributed by atoms with E-state index in [1.807, 2.05) is 4.68 Å². The lowest BCUT2D eigenvalue weighted by Crippen LogP contribution is -2.33. The molecule has 0 aromatic carbocycles. The van der Waals surface area contributed by atoms with Crippen LogP contribution in [0.15, 0.2) is 11.0 Å². The van der Waals surface area contributed by atoms with Crippen molar-refractivity contribution < 1.29 is 0 Å². The molecule has 1 saturated heterocycles. The Bertz CT molecular complexity index is 757. The van der Waals surface area contributed by atoms with Crippen molar-refractivity contribution >= 4 is 17.0 Å². The summed E-state index contributed by atoms with van der Waals surface area (Å²) in [6.45, 7) is 13.5. The molecule has 1 aliphatic rings. The molecular formula is C17H28N6O. The Balaban J connectivity index is 1.94. The van der Waals surface area contributed by atoms with E-state index in [4.69, 9.17) is 4.98 Å². The van der Waals surface area contributed by atoms with Gasteiger partial charge in [-0.15, -0.1) is 0 Å². The van der Waals surface area contributed by atoms with Crippen LogP contribution in [-0.2, 0) is 5.54 Å². The van der Waals surface area contributed by atoms with E-state index in [1.54, 1.807) is 6.20 Å². The lowest BCUT2D eigenvalue weighted by atomic mass is 10.1. The smallest absolute Gasteiger partial charge is 0.263 e. The number of nitrogens with zero attached hydrogens (tertiary/aromatic N) is 5. The van der Waals surface area contributed by atoms with Crippen LogP contribution in [0.25, 0.3) is 11.0 Å². The molecule has 1 aliphatic heterocycles. The van der Waals surface area contributed by atoms with Crippen molar-refractivity contribution in [2.24, 2.45) is 0 Å². The lowest BCUT2D eigenvalue weighted by Gasteiger charge is -2.23. The van der Waals surface area contributed by atoms with Crippen LogP contribution in [0.1, 0.15) is 40.5 Å². The van der Waals surface area contributed by atoms with Crippen LogP contribution in [0.5, 0.6) is 0 Å². The summed E-state index contributed by atoms with van der Waals surface area (Å²) in [4.78, 5) is 24.8. The summed E-state index contributed by atoms with van der Waals surface area (Å²) in [5.74, 6) is 0.664. The van der Waals surface area contributed by atoms with E-state index in [0.29, 0.717) is 17.0 Å². The number of aromatic amines is 1. The molecule has 7 heteroatoms. The number of hydrogen-bond donors (Lipinski definition) is 1. The van der Waals surface area contributed by atoms with Gasteiger partial charge in [-0.1, -0.05) is 6.92 Å². The molecule has 2 aromatic heterocycles. The van der Waals surface area contributed by atoms with Crippen molar-refractivity contribution in [3.8, 4) is 0 Å². The first-order chi connectivity index (χ1) is 11.4. The number of anilines is 1. The second kappa shape index (κ2) is 6.55. The zero-order chi connectivity index (χ0) is 17.3. The molecule has 0 amide bonds. The maximum absolute atomic E-state index is 12.4. The molecule has 0 atom stereocenters. The van der Waals surface area contributed by atoms with Gasteiger partial charge in [0, 0.05) is 19.6 Å². The molecule has 7 nitrogen and oxygen atoms in total. The highest BCUT2D eigenvalue weighted by Gasteiger charge is 2.22. The van der Waals surface area contributed by atoms with Crippen LogP contribution in [0.3, 0.4) is 0 Å². The Morgan fingerprint density at radius 2 is 2.00 bits per heavy atom. The molecule has 0 unspecified atom stereocenters. The topological polar surface area (TPSA) is 70.1 Å². The standard InChI is InChI=1S/C17H28N6O/c1-5-7-21-8-6-9-22(11-10-21)16-19-14-13(15(24)20-16)12-18-23(14)17(2,3)4/h12H,5-11H2,1-4H3,(H,19,20,24). The molecule has 1 fully saturated rings. The van der Waals surface area contributed by atoms with E-state index in [9.17, 15) is 4.79 Å². The van der Waals surface area contributed by atoms with Gasteiger partial charge in [0.2, 0.25) is 5.95 Å². The van der Waals surface area contributed by atoms with Gasteiger partial charge in [0.25, 0.3) is 5.56 Å². The van der Waals surface area contributed by atoms with Crippen LogP contribution in [-0.4, -0.2) is 57.4 Å². The molecule has 24 heavy (non-hydrogen) atoms. The first kappa shape index (κ1) is 17.0. The average Bonchev–Trinajstić information content (AvgIpc) is 2.82. The van der Waals surface area contributed by atoms with Crippen molar-refractivity contribution in [3.63, 3.8) is 0 Å². The monoisotopic (exact) mass is 332 g/mol. The first-order valence-electron chi connectivity index (χ1n) is 8.86. The van der Waals surface area contributed by atoms with Gasteiger partial charge in [-0.25, -0.2) is 4.68 Å². The fourth-order valence-corrected chi connectivity index (χ4v) is 3.27. The number of H-pyrrole nitrogens is 1. The van der Waals surface area contributed by atoms with Gasteiger partial charge in [-0.05, 0) is 46.7 Å². The van der Waals surface area contributed by atoms with Gasteiger partial charge < -0.3 is 9.80 Å².